The number of rotatable bonds is 9. The first-order chi connectivity index (χ1) is 9.37. The van der Waals surface area contributed by atoms with E-state index in [-0.39, 0.29) is 25.7 Å². The fourth-order valence-electron chi connectivity index (χ4n) is 1.54. The molecule has 1 N–H and O–H groups in total. The summed E-state index contributed by atoms with van der Waals surface area (Å²) in [6, 6.07) is 0. The van der Waals surface area contributed by atoms with Crippen LogP contribution in [0.25, 0.3) is 0 Å². The van der Waals surface area contributed by atoms with E-state index in [2.05, 4.69) is 6.58 Å². The van der Waals surface area contributed by atoms with Gasteiger partial charge in [0.1, 0.15) is 12.7 Å². The van der Waals surface area contributed by atoms with Gasteiger partial charge >= 0.3 is 17.9 Å². The van der Waals surface area contributed by atoms with Crippen LogP contribution in [0.1, 0.15) is 19.8 Å². The van der Waals surface area contributed by atoms with Crippen LogP contribution < -0.4 is 0 Å². The summed E-state index contributed by atoms with van der Waals surface area (Å²) in [5.41, 5.74) is -1.25. The summed E-state index contributed by atoms with van der Waals surface area (Å²) in [5, 5.41) is 8.89. The van der Waals surface area contributed by atoms with Gasteiger partial charge in [-0.25, -0.2) is 4.79 Å². The average Bonchev–Trinajstić information content (AvgIpc) is 3.18. The lowest BCUT2D eigenvalue weighted by Gasteiger charge is -2.25. The van der Waals surface area contributed by atoms with Crippen LogP contribution >= 0.6 is 0 Å². The lowest BCUT2D eigenvalue weighted by Crippen LogP contribution is -2.34. The minimum Gasteiger partial charge on any atom is -0.481 e. The van der Waals surface area contributed by atoms with Crippen LogP contribution in [0, 0.1) is 5.41 Å². The quantitative estimate of drug-likeness (QED) is 0.374. The molecule has 0 aromatic carbocycles. The molecule has 0 aromatic rings. The van der Waals surface area contributed by atoms with Crippen LogP contribution in [0.15, 0.2) is 12.7 Å². The van der Waals surface area contributed by atoms with Crippen molar-refractivity contribution in [3.63, 3.8) is 0 Å². The van der Waals surface area contributed by atoms with Gasteiger partial charge in [0.05, 0.1) is 25.0 Å². The van der Waals surface area contributed by atoms with Crippen LogP contribution in [-0.2, 0) is 28.6 Å². The first-order valence-electron chi connectivity index (χ1n) is 6.17. The molecule has 1 rings (SSSR count). The van der Waals surface area contributed by atoms with E-state index in [1.165, 1.54) is 6.92 Å². The first kappa shape index (κ1) is 16.2. The molecule has 2 atom stereocenters. The molecule has 0 spiro atoms. The van der Waals surface area contributed by atoms with Gasteiger partial charge in [-0.05, 0) is 13.3 Å². The monoisotopic (exact) mass is 286 g/mol. The average molecular weight is 286 g/mol. The molecular formula is C13H18O7. The largest absolute Gasteiger partial charge is 0.481 e. The molecule has 1 aliphatic rings. The van der Waals surface area contributed by atoms with Crippen molar-refractivity contribution in [2.45, 2.75) is 25.9 Å². The zero-order valence-electron chi connectivity index (χ0n) is 11.3. The Morgan fingerprint density at radius 2 is 2.10 bits per heavy atom. The van der Waals surface area contributed by atoms with Crippen LogP contribution in [0.5, 0.6) is 0 Å². The highest BCUT2D eigenvalue weighted by Gasteiger charge is 2.38. The maximum absolute atomic E-state index is 12.0. The zero-order chi connectivity index (χ0) is 15.2. The summed E-state index contributed by atoms with van der Waals surface area (Å²) in [6.45, 7) is 5.29. The van der Waals surface area contributed by atoms with Gasteiger partial charge in [0.15, 0.2) is 0 Å². The van der Waals surface area contributed by atoms with E-state index in [0.717, 1.165) is 6.08 Å². The van der Waals surface area contributed by atoms with E-state index in [9.17, 15) is 14.4 Å². The second kappa shape index (κ2) is 7.04. The van der Waals surface area contributed by atoms with E-state index >= 15 is 0 Å². The summed E-state index contributed by atoms with van der Waals surface area (Å²) in [7, 11) is 0. The predicted molar refractivity (Wildman–Crippen MR) is 66.8 cm³/mol. The summed E-state index contributed by atoms with van der Waals surface area (Å²) in [5.74, 6) is -2.38. The number of epoxide rings is 1. The molecular weight excluding hydrogens is 268 g/mol. The Morgan fingerprint density at radius 3 is 2.60 bits per heavy atom. The summed E-state index contributed by atoms with van der Waals surface area (Å²) >= 11 is 0. The van der Waals surface area contributed by atoms with Gasteiger partial charge in [-0.2, -0.15) is 0 Å². The Balaban J connectivity index is 2.53. The Hall–Kier alpha value is -1.89. The van der Waals surface area contributed by atoms with E-state index in [1.54, 1.807) is 0 Å². The highest BCUT2D eigenvalue weighted by molar-refractivity contribution is 5.83. The molecule has 20 heavy (non-hydrogen) atoms. The van der Waals surface area contributed by atoms with Gasteiger partial charge in [-0.1, -0.05) is 6.58 Å². The van der Waals surface area contributed by atoms with Crippen LogP contribution in [0.4, 0.5) is 0 Å². The van der Waals surface area contributed by atoms with Gasteiger partial charge in [0.2, 0.25) is 0 Å². The molecule has 0 saturated carbocycles. The maximum Gasteiger partial charge on any atom is 0.330 e. The van der Waals surface area contributed by atoms with Crippen molar-refractivity contribution in [1.82, 2.24) is 0 Å². The second-order valence-electron chi connectivity index (χ2n) is 4.81. The molecule has 0 aromatic heterocycles. The number of aliphatic carboxylic acids is 1. The number of hydrogen-bond donors (Lipinski definition) is 1. The minimum absolute atomic E-state index is 0.0588. The number of ether oxygens (including phenoxy) is 3. The third-order valence-electron chi connectivity index (χ3n) is 2.90. The summed E-state index contributed by atoms with van der Waals surface area (Å²) in [6.07, 6.45) is 0.565. The maximum atomic E-state index is 12.0. The van der Waals surface area contributed by atoms with Crippen molar-refractivity contribution in [1.29, 1.82) is 0 Å². The highest BCUT2D eigenvalue weighted by atomic mass is 16.6. The standard InChI is InChI=1S/C13H18O7/c1-3-11(16)18-5-4-13(2,6-10(14)15)12(17)20-8-9-7-19-9/h3,9H,1,4-8H2,2H3,(H,14,15). The fourth-order valence-corrected chi connectivity index (χ4v) is 1.54. The zero-order valence-corrected chi connectivity index (χ0v) is 11.3. The molecule has 1 fully saturated rings. The number of carboxylic acid groups (broad SMARTS) is 1. The number of esters is 2. The molecule has 112 valence electrons. The Labute approximate surface area is 116 Å². The molecule has 7 nitrogen and oxygen atoms in total. The lowest BCUT2D eigenvalue weighted by molar-refractivity contribution is -0.162. The SMILES string of the molecule is C=CC(=O)OCCC(C)(CC(=O)O)C(=O)OCC1CO1. The van der Waals surface area contributed by atoms with E-state index in [4.69, 9.17) is 19.3 Å². The fraction of sp³-hybridized carbons (Fsp3) is 0.615. The van der Waals surface area contributed by atoms with Crippen molar-refractivity contribution in [3.05, 3.63) is 12.7 Å². The lowest BCUT2D eigenvalue weighted by atomic mass is 9.83. The van der Waals surface area contributed by atoms with Gasteiger partial charge < -0.3 is 19.3 Å². The number of carboxylic acids is 1. The molecule has 0 aliphatic carbocycles. The molecule has 1 saturated heterocycles. The van der Waals surface area contributed by atoms with Gasteiger partial charge in [0.25, 0.3) is 0 Å². The molecule has 0 amide bonds. The highest BCUT2D eigenvalue weighted by Crippen LogP contribution is 2.28. The molecule has 0 radical (unpaired) electrons. The Morgan fingerprint density at radius 1 is 1.45 bits per heavy atom. The smallest absolute Gasteiger partial charge is 0.330 e. The third kappa shape index (κ3) is 5.40. The molecule has 1 aliphatic heterocycles. The van der Waals surface area contributed by atoms with Crippen molar-refractivity contribution >= 4 is 17.9 Å². The molecule has 7 heteroatoms. The first-order valence-corrected chi connectivity index (χ1v) is 6.17. The van der Waals surface area contributed by atoms with Gasteiger partial charge in [-0.15, -0.1) is 0 Å². The van der Waals surface area contributed by atoms with E-state index in [1.807, 2.05) is 0 Å². The third-order valence-corrected chi connectivity index (χ3v) is 2.90. The summed E-state index contributed by atoms with van der Waals surface area (Å²) in [4.78, 5) is 33.8. The van der Waals surface area contributed by atoms with Crippen LogP contribution in [-0.4, -0.2) is 48.9 Å². The van der Waals surface area contributed by atoms with Gasteiger partial charge in [0, 0.05) is 6.08 Å². The molecule has 0 bridgehead atoms. The molecule has 1 heterocycles. The Kier molecular flexibility index (Phi) is 5.69. The summed E-state index contributed by atoms with van der Waals surface area (Å²) < 4.78 is 14.7. The molecule has 2 unspecified atom stereocenters. The van der Waals surface area contributed by atoms with Crippen molar-refractivity contribution in [3.8, 4) is 0 Å². The van der Waals surface area contributed by atoms with E-state index < -0.39 is 29.7 Å². The Bertz CT molecular complexity index is 400. The van der Waals surface area contributed by atoms with Crippen molar-refractivity contribution < 1.29 is 33.7 Å². The van der Waals surface area contributed by atoms with Crippen molar-refractivity contribution in [2.75, 3.05) is 19.8 Å². The topological polar surface area (TPSA) is 102 Å². The number of carbonyl (C=O) groups is 3. The predicted octanol–water partition coefficient (Wildman–Crippen LogP) is 0.529. The van der Waals surface area contributed by atoms with E-state index in [0.29, 0.717) is 6.61 Å². The number of hydrogen-bond acceptors (Lipinski definition) is 6. The minimum atomic E-state index is -1.25. The second-order valence-corrected chi connectivity index (χ2v) is 4.81. The normalized spacial score (nSPS) is 19.6. The van der Waals surface area contributed by atoms with Gasteiger partial charge in [-0.3, -0.25) is 9.59 Å². The number of carbonyl (C=O) groups excluding carboxylic acids is 2. The van der Waals surface area contributed by atoms with Crippen LogP contribution in [0.3, 0.4) is 0 Å². The van der Waals surface area contributed by atoms with Crippen molar-refractivity contribution in [2.24, 2.45) is 5.41 Å². The van der Waals surface area contributed by atoms with Crippen LogP contribution in [0.2, 0.25) is 0 Å².